The van der Waals surface area contributed by atoms with E-state index in [2.05, 4.69) is 5.10 Å². The number of benzene rings is 1. The van der Waals surface area contributed by atoms with Gasteiger partial charge in [-0.1, -0.05) is 37.3 Å². The average Bonchev–Trinajstić information content (AvgIpc) is 3.01. The van der Waals surface area contributed by atoms with E-state index in [-0.39, 0.29) is 11.8 Å². The number of carbonyl (C=O) groups excluding carboxylic acids is 1. The SMILES string of the molecule is Cc1nn(C)c2nc(-c3ccccc3)cc(C(=O)N3CCC(C)CC3C(=O)O)c12. The predicted octanol–water partition coefficient (Wildman–Crippen LogP) is 3.27. The van der Waals surface area contributed by atoms with Crippen LogP contribution < -0.4 is 0 Å². The average molecular weight is 392 g/mol. The van der Waals surface area contributed by atoms with Crippen LogP contribution >= 0.6 is 0 Å². The molecule has 2 atom stereocenters. The molecular formula is C22H24N4O3. The molecule has 1 fully saturated rings. The zero-order chi connectivity index (χ0) is 20.7. The Labute approximate surface area is 169 Å². The summed E-state index contributed by atoms with van der Waals surface area (Å²) < 4.78 is 1.67. The Morgan fingerprint density at radius 1 is 1.21 bits per heavy atom. The first-order valence-electron chi connectivity index (χ1n) is 9.80. The van der Waals surface area contributed by atoms with Gasteiger partial charge in [0.25, 0.3) is 5.91 Å². The molecule has 1 aliphatic rings. The van der Waals surface area contributed by atoms with Gasteiger partial charge >= 0.3 is 5.97 Å². The highest BCUT2D eigenvalue weighted by molar-refractivity contribution is 6.08. The summed E-state index contributed by atoms with van der Waals surface area (Å²) in [5, 5.41) is 14.8. The summed E-state index contributed by atoms with van der Waals surface area (Å²) in [6, 6.07) is 10.6. The number of hydrogen-bond acceptors (Lipinski definition) is 4. The van der Waals surface area contributed by atoms with Gasteiger partial charge in [-0.25, -0.2) is 9.78 Å². The molecule has 4 rings (SSSR count). The number of likely N-dealkylation sites (tertiary alicyclic amines) is 1. The Balaban J connectivity index is 1.87. The molecule has 29 heavy (non-hydrogen) atoms. The van der Waals surface area contributed by atoms with Crippen molar-refractivity contribution in [1.82, 2.24) is 19.7 Å². The molecule has 0 spiro atoms. The van der Waals surface area contributed by atoms with Gasteiger partial charge in [-0.3, -0.25) is 9.48 Å². The maximum Gasteiger partial charge on any atom is 0.326 e. The number of carbonyl (C=O) groups is 2. The molecule has 7 nitrogen and oxygen atoms in total. The smallest absolute Gasteiger partial charge is 0.326 e. The fourth-order valence-electron chi connectivity index (χ4n) is 4.14. The van der Waals surface area contributed by atoms with Gasteiger partial charge in [-0.2, -0.15) is 5.10 Å². The van der Waals surface area contributed by atoms with Gasteiger partial charge < -0.3 is 10.0 Å². The van der Waals surface area contributed by atoms with Crippen molar-refractivity contribution in [2.45, 2.75) is 32.7 Å². The van der Waals surface area contributed by atoms with Gasteiger partial charge in [0, 0.05) is 19.2 Å². The third-order valence-electron chi connectivity index (χ3n) is 5.68. The lowest BCUT2D eigenvalue weighted by Gasteiger charge is -2.36. The first kappa shape index (κ1) is 19.1. The highest BCUT2D eigenvalue weighted by Crippen LogP contribution is 2.30. The second-order valence-electron chi connectivity index (χ2n) is 7.81. The van der Waals surface area contributed by atoms with Crippen LogP contribution in [0.2, 0.25) is 0 Å². The summed E-state index contributed by atoms with van der Waals surface area (Å²) in [6.07, 6.45) is 1.26. The molecule has 1 aromatic carbocycles. The number of carboxylic acid groups (broad SMARTS) is 1. The van der Waals surface area contributed by atoms with Gasteiger partial charge in [0.15, 0.2) is 5.65 Å². The van der Waals surface area contributed by atoms with Crippen LogP contribution in [0.4, 0.5) is 0 Å². The summed E-state index contributed by atoms with van der Waals surface area (Å²) >= 11 is 0. The highest BCUT2D eigenvalue weighted by Gasteiger charge is 2.36. The minimum atomic E-state index is -0.957. The van der Waals surface area contributed by atoms with Crippen molar-refractivity contribution in [3.05, 3.63) is 47.7 Å². The molecule has 3 heterocycles. The van der Waals surface area contributed by atoms with Crippen LogP contribution in [0.1, 0.15) is 35.8 Å². The first-order valence-corrected chi connectivity index (χ1v) is 9.80. The van der Waals surface area contributed by atoms with Crippen molar-refractivity contribution in [3.8, 4) is 11.3 Å². The molecule has 0 saturated carbocycles. The normalized spacial score (nSPS) is 19.5. The lowest BCUT2D eigenvalue weighted by Crippen LogP contribution is -2.49. The Morgan fingerprint density at radius 3 is 2.62 bits per heavy atom. The molecule has 0 radical (unpaired) electrons. The van der Waals surface area contributed by atoms with Crippen LogP contribution in [-0.4, -0.2) is 49.2 Å². The fourth-order valence-corrected chi connectivity index (χ4v) is 4.14. The number of hydrogen-bond donors (Lipinski definition) is 1. The Bertz CT molecular complexity index is 1090. The summed E-state index contributed by atoms with van der Waals surface area (Å²) in [6.45, 7) is 4.30. The predicted molar refractivity (Wildman–Crippen MR) is 110 cm³/mol. The van der Waals surface area contributed by atoms with Crippen LogP contribution in [0, 0.1) is 12.8 Å². The molecule has 0 bridgehead atoms. The van der Waals surface area contributed by atoms with E-state index in [1.807, 2.05) is 44.2 Å². The molecule has 7 heteroatoms. The second kappa shape index (κ2) is 7.31. The van der Waals surface area contributed by atoms with E-state index in [0.29, 0.717) is 41.0 Å². The van der Waals surface area contributed by atoms with Crippen LogP contribution in [-0.2, 0) is 11.8 Å². The Hall–Kier alpha value is -3.22. The van der Waals surface area contributed by atoms with Crippen LogP contribution in [0.25, 0.3) is 22.3 Å². The molecular weight excluding hydrogens is 368 g/mol. The quantitative estimate of drug-likeness (QED) is 0.739. The fraction of sp³-hybridized carbons (Fsp3) is 0.364. The lowest BCUT2D eigenvalue weighted by atomic mass is 9.91. The Morgan fingerprint density at radius 2 is 1.93 bits per heavy atom. The van der Waals surface area contributed by atoms with Gasteiger partial charge in [0.1, 0.15) is 6.04 Å². The Kier molecular flexibility index (Phi) is 4.82. The third kappa shape index (κ3) is 3.37. The summed E-state index contributed by atoms with van der Waals surface area (Å²) in [7, 11) is 1.80. The maximum atomic E-state index is 13.6. The number of pyridine rings is 1. The van der Waals surface area contributed by atoms with E-state index in [0.717, 1.165) is 12.0 Å². The topological polar surface area (TPSA) is 88.3 Å². The van der Waals surface area contributed by atoms with E-state index in [9.17, 15) is 14.7 Å². The molecule has 2 aromatic heterocycles. The van der Waals surface area contributed by atoms with E-state index in [4.69, 9.17) is 4.98 Å². The zero-order valence-electron chi connectivity index (χ0n) is 16.8. The minimum Gasteiger partial charge on any atom is -0.480 e. The lowest BCUT2D eigenvalue weighted by molar-refractivity contribution is -0.144. The molecule has 1 saturated heterocycles. The van der Waals surface area contributed by atoms with Crippen molar-refractivity contribution in [1.29, 1.82) is 0 Å². The van der Waals surface area contributed by atoms with Crippen LogP contribution in [0.15, 0.2) is 36.4 Å². The van der Waals surface area contributed by atoms with Gasteiger partial charge in [0.05, 0.1) is 22.3 Å². The van der Waals surface area contributed by atoms with Gasteiger partial charge in [0.2, 0.25) is 0 Å². The molecule has 1 N–H and O–H groups in total. The first-order chi connectivity index (χ1) is 13.9. The summed E-state index contributed by atoms with van der Waals surface area (Å²) in [4.78, 5) is 31.7. The second-order valence-corrected chi connectivity index (χ2v) is 7.81. The van der Waals surface area contributed by atoms with Gasteiger partial charge in [-0.15, -0.1) is 0 Å². The number of fused-ring (bicyclic) bond motifs is 1. The number of aromatic nitrogens is 3. The van der Waals surface area contributed by atoms with Crippen molar-refractivity contribution < 1.29 is 14.7 Å². The van der Waals surface area contributed by atoms with E-state index < -0.39 is 12.0 Å². The highest BCUT2D eigenvalue weighted by atomic mass is 16.4. The van der Waals surface area contributed by atoms with Crippen molar-refractivity contribution in [2.24, 2.45) is 13.0 Å². The van der Waals surface area contributed by atoms with E-state index >= 15 is 0 Å². The monoisotopic (exact) mass is 392 g/mol. The van der Waals surface area contributed by atoms with Crippen molar-refractivity contribution in [2.75, 3.05) is 6.54 Å². The minimum absolute atomic E-state index is 0.273. The number of aliphatic carboxylic acids is 1. The number of nitrogens with zero attached hydrogens (tertiary/aromatic N) is 4. The number of piperidine rings is 1. The number of aryl methyl sites for hydroxylation is 2. The number of amides is 1. The largest absolute Gasteiger partial charge is 0.480 e. The van der Waals surface area contributed by atoms with E-state index in [1.54, 1.807) is 17.8 Å². The zero-order valence-corrected chi connectivity index (χ0v) is 16.8. The molecule has 2 unspecified atom stereocenters. The van der Waals surface area contributed by atoms with Crippen molar-refractivity contribution in [3.63, 3.8) is 0 Å². The van der Waals surface area contributed by atoms with Crippen LogP contribution in [0.5, 0.6) is 0 Å². The van der Waals surface area contributed by atoms with Crippen molar-refractivity contribution >= 4 is 22.9 Å². The maximum absolute atomic E-state index is 13.6. The standard InChI is InChI=1S/C22H24N4O3/c1-13-9-10-26(18(11-13)22(28)29)21(27)16-12-17(15-7-5-4-6-8-15)23-20-19(16)14(2)24-25(20)3/h4-8,12-13,18H,9-11H2,1-3H3,(H,28,29). The summed E-state index contributed by atoms with van der Waals surface area (Å²) in [5.74, 6) is -0.955. The molecule has 3 aromatic rings. The molecule has 0 aliphatic carbocycles. The van der Waals surface area contributed by atoms with Gasteiger partial charge in [-0.05, 0) is 31.7 Å². The molecule has 1 amide bonds. The third-order valence-corrected chi connectivity index (χ3v) is 5.68. The number of carboxylic acids is 1. The molecule has 1 aliphatic heterocycles. The number of rotatable bonds is 3. The summed E-state index contributed by atoms with van der Waals surface area (Å²) in [5.41, 5.74) is 3.34. The molecule has 150 valence electrons. The van der Waals surface area contributed by atoms with E-state index in [1.165, 1.54) is 4.90 Å². The van der Waals surface area contributed by atoms with Crippen LogP contribution in [0.3, 0.4) is 0 Å².